The summed E-state index contributed by atoms with van der Waals surface area (Å²) in [5.74, 6) is 0.0225. The standard InChI is InChI=1S/C13H10N6O4S2/c1-7-15-17-12(25-7)14-10(20)6-24-13-18-16-11(23-13)8-2-4-9(5-3-8)19(21)22/h2-5H,6H2,1H3,(H,14,17,20). The summed E-state index contributed by atoms with van der Waals surface area (Å²) < 4.78 is 5.44. The Labute approximate surface area is 148 Å². The van der Waals surface area contributed by atoms with E-state index >= 15 is 0 Å². The monoisotopic (exact) mass is 378 g/mol. The Morgan fingerprint density at radius 3 is 2.68 bits per heavy atom. The summed E-state index contributed by atoms with van der Waals surface area (Å²) in [6, 6.07) is 5.74. The number of carbonyl (C=O) groups excluding carboxylic acids is 1. The minimum Gasteiger partial charge on any atom is -0.411 e. The van der Waals surface area contributed by atoms with E-state index < -0.39 is 4.92 Å². The molecule has 0 atom stereocenters. The normalized spacial score (nSPS) is 10.6. The van der Waals surface area contributed by atoms with Gasteiger partial charge in [0.05, 0.1) is 10.7 Å². The fourth-order valence-electron chi connectivity index (χ4n) is 1.74. The van der Waals surface area contributed by atoms with Crippen molar-refractivity contribution in [3.63, 3.8) is 0 Å². The summed E-state index contributed by atoms with van der Waals surface area (Å²) in [5.41, 5.74) is 0.528. The SMILES string of the molecule is Cc1nnc(NC(=O)CSc2nnc(-c3ccc([N+](=O)[O-])cc3)o2)s1. The lowest BCUT2D eigenvalue weighted by atomic mass is 10.2. The number of non-ortho nitro benzene ring substituents is 1. The second-order valence-corrected chi connectivity index (χ2v) is 6.75. The predicted molar refractivity (Wildman–Crippen MR) is 90.4 cm³/mol. The maximum Gasteiger partial charge on any atom is 0.277 e. The number of hydrogen-bond acceptors (Lipinski definition) is 10. The first-order chi connectivity index (χ1) is 12.0. The number of carbonyl (C=O) groups is 1. The molecule has 0 fully saturated rings. The highest BCUT2D eigenvalue weighted by Gasteiger charge is 2.13. The molecule has 128 valence electrons. The highest BCUT2D eigenvalue weighted by molar-refractivity contribution is 7.99. The molecule has 25 heavy (non-hydrogen) atoms. The number of anilines is 1. The fourth-order valence-corrected chi connectivity index (χ4v) is 2.91. The number of nitro benzene ring substituents is 1. The molecule has 0 saturated carbocycles. The smallest absolute Gasteiger partial charge is 0.277 e. The van der Waals surface area contributed by atoms with Gasteiger partial charge in [-0.1, -0.05) is 23.1 Å². The average Bonchev–Trinajstić information content (AvgIpc) is 3.22. The maximum absolute atomic E-state index is 11.8. The molecule has 10 nitrogen and oxygen atoms in total. The molecule has 3 aromatic rings. The molecule has 0 saturated heterocycles. The maximum atomic E-state index is 11.8. The number of aromatic nitrogens is 4. The van der Waals surface area contributed by atoms with Gasteiger partial charge in [-0.05, 0) is 19.1 Å². The van der Waals surface area contributed by atoms with Crippen LogP contribution in [0.25, 0.3) is 11.5 Å². The van der Waals surface area contributed by atoms with Gasteiger partial charge < -0.3 is 4.42 Å². The zero-order chi connectivity index (χ0) is 17.8. The summed E-state index contributed by atoms with van der Waals surface area (Å²) in [6.45, 7) is 1.79. The number of nitrogens with one attached hydrogen (secondary N) is 1. The second kappa shape index (κ2) is 7.36. The number of rotatable bonds is 6. The molecule has 0 unspecified atom stereocenters. The third-order valence-electron chi connectivity index (χ3n) is 2.83. The molecule has 1 amide bonds. The van der Waals surface area contributed by atoms with E-state index in [1.165, 1.54) is 35.6 Å². The van der Waals surface area contributed by atoms with Crippen LogP contribution in [0.1, 0.15) is 5.01 Å². The van der Waals surface area contributed by atoms with Crippen molar-refractivity contribution in [2.45, 2.75) is 12.1 Å². The fraction of sp³-hybridized carbons (Fsp3) is 0.154. The van der Waals surface area contributed by atoms with Crippen molar-refractivity contribution in [2.75, 3.05) is 11.1 Å². The van der Waals surface area contributed by atoms with Gasteiger partial charge in [0.2, 0.25) is 16.9 Å². The summed E-state index contributed by atoms with van der Waals surface area (Å²) in [6.07, 6.45) is 0. The number of thioether (sulfide) groups is 1. The first-order valence-electron chi connectivity index (χ1n) is 6.82. The van der Waals surface area contributed by atoms with E-state index in [2.05, 4.69) is 25.7 Å². The van der Waals surface area contributed by atoms with Crippen molar-refractivity contribution in [1.29, 1.82) is 0 Å². The van der Waals surface area contributed by atoms with Crippen LogP contribution in [0.2, 0.25) is 0 Å². The molecule has 0 radical (unpaired) electrons. The third-order valence-corrected chi connectivity index (χ3v) is 4.40. The van der Waals surface area contributed by atoms with Crippen LogP contribution in [-0.2, 0) is 4.79 Å². The molecule has 0 aliphatic carbocycles. The van der Waals surface area contributed by atoms with Crippen LogP contribution in [0.5, 0.6) is 0 Å². The van der Waals surface area contributed by atoms with E-state index in [4.69, 9.17) is 4.42 Å². The summed E-state index contributed by atoms with van der Waals surface area (Å²) in [5, 5.41) is 30.0. The van der Waals surface area contributed by atoms with Crippen molar-refractivity contribution in [3.8, 4) is 11.5 Å². The molecule has 1 N–H and O–H groups in total. The van der Waals surface area contributed by atoms with Crippen molar-refractivity contribution in [1.82, 2.24) is 20.4 Å². The van der Waals surface area contributed by atoms with Crippen molar-refractivity contribution < 1.29 is 14.1 Å². The van der Waals surface area contributed by atoms with E-state index in [9.17, 15) is 14.9 Å². The first-order valence-corrected chi connectivity index (χ1v) is 8.62. The lowest BCUT2D eigenvalue weighted by Gasteiger charge is -1.98. The van der Waals surface area contributed by atoms with Gasteiger partial charge in [0.15, 0.2) is 0 Å². The average molecular weight is 378 g/mol. The number of aryl methyl sites for hydroxylation is 1. The molecule has 0 bridgehead atoms. The summed E-state index contributed by atoms with van der Waals surface area (Å²) in [4.78, 5) is 22.0. The molecule has 2 heterocycles. The zero-order valence-electron chi connectivity index (χ0n) is 12.7. The molecule has 2 aromatic heterocycles. The molecular formula is C13H10N6O4S2. The molecule has 0 aliphatic rings. The van der Waals surface area contributed by atoms with Gasteiger partial charge in [0.25, 0.3) is 10.9 Å². The largest absolute Gasteiger partial charge is 0.411 e. The van der Waals surface area contributed by atoms with Gasteiger partial charge in [0.1, 0.15) is 5.01 Å². The molecule has 1 aromatic carbocycles. The van der Waals surface area contributed by atoms with Crippen molar-refractivity contribution in [2.24, 2.45) is 0 Å². The van der Waals surface area contributed by atoms with Crippen LogP contribution in [0, 0.1) is 17.0 Å². The van der Waals surface area contributed by atoms with Crippen LogP contribution >= 0.6 is 23.1 Å². The second-order valence-electron chi connectivity index (χ2n) is 4.64. The number of nitro groups is 1. The Kier molecular flexibility index (Phi) is 5.00. The number of hydrogen-bond donors (Lipinski definition) is 1. The topological polar surface area (TPSA) is 137 Å². The Balaban J connectivity index is 1.58. The highest BCUT2D eigenvalue weighted by atomic mass is 32.2. The van der Waals surface area contributed by atoms with Crippen molar-refractivity contribution >= 4 is 39.8 Å². The zero-order valence-corrected chi connectivity index (χ0v) is 14.3. The van der Waals surface area contributed by atoms with Gasteiger partial charge >= 0.3 is 0 Å². The Hall–Kier alpha value is -2.86. The molecule has 0 aliphatic heterocycles. The minimum absolute atomic E-state index is 0.0264. The highest BCUT2D eigenvalue weighted by Crippen LogP contribution is 2.25. The van der Waals surface area contributed by atoms with E-state index in [0.717, 1.165) is 16.8 Å². The lowest BCUT2D eigenvalue weighted by molar-refractivity contribution is -0.384. The van der Waals surface area contributed by atoms with E-state index in [0.29, 0.717) is 10.7 Å². The van der Waals surface area contributed by atoms with Crippen LogP contribution < -0.4 is 5.32 Å². The number of nitrogens with zero attached hydrogens (tertiary/aromatic N) is 5. The Bertz CT molecular complexity index is 907. The van der Waals surface area contributed by atoms with Gasteiger partial charge in [-0.15, -0.1) is 20.4 Å². The minimum atomic E-state index is -0.489. The molecule has 3 rings (SSSR count). The quantitative estimate of drug-likeness (QED) is 0.389. The summed E-state index contributed by atoms with van der Waals surface area (Å²) >= 11 is 2.35. The lowest BCUT2D eigenvalue weighted by Crippen LogP contribution is -2.13. The number of amides is 1. The van der Waals surface area contributed by atoms with Crippen LogP contribution in [0.15, 0.2) is 33.9 Å². The van der Waals surface area contributed by atoms with Gasteiger partial charge in [-0.3, -0.25) is 20.2 Å². The molecule has 12 heteroatoms. The molecule has 0 spiro atoms. The first kappa shape index (κ1) is 17.0. The van der Waals surface area contributed by atoms with E-state index in [-0.39, 0.29) is 28.5 Å². The van der Waals surface area contributed by atoms with Gasteiger partial charge in [0, 0.05) is 17.7 Å². The van der Waals surface area contributed by atoms with E-state index in [1.54, 1.807) is 6.92 Å². The number of benzene rings is 1. The van der Waals surface area contributed by atoms with Crippen molar-refractivity contribution in [3.05, 3.63) is 39.4 Å². The van der Waals surface area contributed by atoms with Crippen LogP contribution in [0.3, 0.4) is 0 Å². The van der Waals surface area contributed by atoms with Gasteiger partial charge in [-0.2, -0.15) is 0 Å². The van der Waals surface area contributed by atoms with E-state index in [1.807, 2.05) is 0 Å². The summed E-state index contributed by atoms with van der Waals surface area (Å²) in [7, 11) is 0. The Morgan fingerprint density at radius 2 is 2.04 bits per heavy atom. The van der Waals surface area contributed by atoms with Gasteiger partial charge in [-0.25, -0.2) is 0 Å². The van der Waals surface area contributed by atoms with Crippen LogP contribution in [-0.4, -0.2) is 37.0 Å². The predicted octanol–water partition coefficient (Wildman–Crippen LogP) is 2.54. The third kappa shape index (κ3) is 4.36. The van der Waals surface area contributed by atoms with Crippen LogP contribution in [0.4, 0.5) is 10.8 Å². The molecular weight excluding hydrogens is 368 g/mol. The Morgan fingerprint density at radius 1 is 1.28 bits per heavy atom.